The van der Waals surface area contributed by atoms with Crippen LogP contribution in [0.1, 0.15) is 32.1 Å². The van der Waals surface area contributed by atoms with E-state index in [2.05, 4.69) is 0 Å². The van der Waals surface area contributed by atoms with Crippen LogP contribution in [-0.2, 0) is 4.79 Å². The second-order valence-corrected chi connectivity index (χ2v) is 6.75. The average Bonchev–Trinajstić information content (AvgIpc) is 2.28. The second kappa shape index (κ2) is 6.10. The molecule has 98 valence electrons. The van der Waals surface area contributed by atoms with Crippen molar-refractivity contribution < 1.29 is 9.90 Å². The summed E-state index contributed by atoms with van der Waals surface area (Å²) in [6.07, 6.45) is 4.76. The van der Waals surface area contributed by atoms with Gasteiger partial charge in [0.25, 0.3) is 0 Å². The van der Waals surface area contributed by atoms with E-state index in [1.165, 1.54) is 24.3 Å². The third-order valence-corrected chi connectivity index (χ3v) is 5.02. The first kappa shape index (κ1) is 13.2. The maximum Gasteiger partial charge on any atom is 0.222 e. The van der Waals surface area contributed by atoms with Gasteiger partial charge in [-0.25, -0.2) is 0 Å². The van der Waals surface area contributed by atoms with Gasteiger partial charge in [0.1, 0.15) is 0 Å². The van der Waals surface area contributed by atoms with E-state index in [4.69, 9.17) is 0 Å². The van der Waals surface area contributed by atoms with E-state index < -0.39 is 0 Å². The number of carbonyl (C=O) groups excluding carboxylic acids is 1. The fourth-order valence-corrected chi connectivity index (χ4v) is 3.90. The van der Waals surface area contributed by atoms with Crippen LogP contribution in [0.25, 0.3) is 0 Å². The summed E-state index contributed by atoms with van der Waals surface area (Å²) in [5.74, 6) is 3.87. The summed E-state index contributed by atoms with van der Waals surface area (Å²) in [4.78, 5) is 13.9. The largest absolute Gasteiger partial charge is 0.393 e. The molecule has 0 unspecified atom stereocenters. The van der Waals surface area contributed by atoms with Crippen molar-refractivity contribution in [2.24, 2.45) is 11.8 Å². The van der Waals surface area contributed by atoms with Crippen LogP contribution >= 0.6 is 11.8 Å². The minimum absolute atomic E-state index is 0.112. The van der Waals surface area contributed by atoms with E-state index in [1.807, 2.05) is 23.7 Å². The van der Waals surface area contributed by atoms with E-state index in [9.17, 15) is 9.90 Å². The van der Waals surface area contributed by atoms with Gasteiger partial charge in [-0.3, -0.25) is 4.79 Å². The number of rotatable bonds is 4. The molecule has 1 heterocycles. The predicted molar refractivity (Wildman–Crippen MR) is 71.0 cm³/mol. The van der Waals surface area contributed by atoms with E-state index in [0.717, 1.165) is 25.8 Å². The lowest BCUT2D eigenvalue weighted by Gasteiger charge is -2.35. The van der Waals surface area contributed by atoms with Crippen LogP contribution in [0.5, 0.6) is 0 Å². The molecule has 1 saturated carbocycles. The summed E-state index contributed by atoms with van der Waals surface area (Å²) < 4.78 is 0. The summed E-state index contributed by atoms with van der Waals surface area (Å²) in [5.41, 5.74) is 0. The zero-order valence-corrected chi connectivity index (χ0v) is 11.4. The lowest BCUT2D eigenvalue weighted by atomic mass is 9.82. The zero-order chi connectivity index (χ0) is 12.3. The van der Waals surface area contributed by atoms with E-state index in [1.54, 1.807) is 0 Å². The minimum Gasteiger partial charge on any atom is -0.393 e. The van der Waals surface area contributed by atoms with Crippen molar-refractivity contribution in [3.8, 4) is 0 Å². The Morgan fingerprint density at radius 2 is 1.94 bits per heavy atom. The highest BCUT2D eigenvalue weighted by Gasteiger charge is 2.29. The van der Waals surface area contributed by atoms with Crippen LogP contribution < -0.4 is 0 Å². The van der Waals surface area contributed by atoms with Gasteiger partial charge in [0, 0.05) is 20.0 Å². The monoisotopic (exact) mass is 257 g/mol. The summed E-state index contributed by atoms with van der Waals surface area (Å²) in [7, 11) is 1.91. The molecule has 2 aliphatic rings. The van der Waals surface area contributed by atoms with Crippen molar-refractivity contribution in [2.75, 3.05) is 25.1 Å². The summed E-state index contributed by atoms with van der Waals surface area (Å²) in [5, 5.41) is 9.23. The van der Waals surface area contributed by atoms with Crippen LogP contribution in [0.4, 0.5) is 0 Å². The maximum atomic E-state index is 12.0. The molecule has 2 fully saturated rings. The topological polar surface area (TPSA) is 40.5 Å². The lowest BCUT2D eigenvalue weighted by molar-refractivity contribution is -0.132. The summed E-state index contributed by atoms with van der Waals surface area (Å²) >= 11 is 2.01. The third-order valence-electron chi connectivity index (χ3n) is 3.97. The van der Waals surface area contributed by atoms with Gasteiger partial charge in [0.15, 0.2) is 0 Å². The molecule has 0 radical (unpaired) electrons. The van der Waals surface area contributed by atoms with Crippen LogP contribution in [-0.4, -0.2) is 47.1 Å². The number of aliphatic hydroxyl groups excluding tert-OH is 1. The highest BCUT2D eigenvalue weighted by molar-refractivity contribution is 7.99. The molecule has 0 atom stereocenters. The first-order valence-electron chi connectivity index (χ1n) is 6.65. The molecular weight excluding hydrogens is 234 g/mol. The van der Waals surface area contributed by atoms with Gasteiger partial charge in [-0.1, -0.05) is 0 Å². The molecule has 2 rings (SSSR count). The van der Waals surface area contributed by atoms with Crippen LogP contribution in [0, 0.1) is 11.8 Å². The highest BCUT2D eigenvalue weighted by atomic mass is 32.2. The molecule has 17 heavy (non-hydrogen) atoms. The number of amides is 1. The van der Waals surface area contributed by atoms with E-state index >= 15 is 0 Å². The smallest absolute Gasteiger partial charge is 0.222 e. The summed E-state index contributed by atoms with van der Waals surface area (Å²) in [6.45, 7) is 0.831. The van der Waals surface area contributed by atoms with Gasteiger partial charge < -0.3 is 10.0 Å². The molecule has 1 amide bonds. The fourth-order valence-electron chi connectivity index (χ4n) is 2.69. The van der Waals surface area contributed by atoms with Crippen molar-refractivity contribution in [1.29, 1.82) is 0 Å². The van der Waals surface area contributed by atoms with Crippen LogP contribution in [0.3, 0.4) is 0 Å². The number of nitrogens with zero attached hydrogens (tertiary/aromatic N) is 1. The number of aliphatic hydroxyl groups is 1. The number of hydrogen-bond acceptors (Lipinski definition) is 3. The molecule has 0 bridgehead atoms. The Kier molecular flexibility index (Phi) is 4.74. The average molecular weight is 257 g/mol. The molecule has 0 aromatic heterocycles. The molecule has 3 nitrogen and oxygen atoms in total. The van der Waals surface area contributed by atoms with Crippen molar-refractivity contribution in [2.45, 2.75) is 38.2 Å². The van der Waals surface area contributed by atoms with Crippen molar-refractivity contribution in [1.82, 2.24) is 4.90 Å². The third kappa shape index (κ3) is 3.88. The zero-order valence-electron chi connectivity index (χ0n) is 10.6. The molecule has 1 saturated heterocycles. The van der Waals surface area contributed by atoms with Gasteiger partial charge in [-0.2, -0.15) is 11.8 Å². The molecule has 0 aromatic carbocycles. The molecular formula is C13H23NO2S. The van der Waals surface area contributed by atoms with Gasteiger partial charge in [0.2, 0.25) is 5.91 Å². The number of hydrogen-bond donors (Lipinski definition) is 1. The van der Waals surface area contributed by atoms with Crippen LogP contribution in [0.2, 0.25) is 0 Å². The normalized spacial score (nSPS) is 29.8. The van der Waals surface area contributed by atoms with Gasteiger partial charge in [-0.05, 0) is 49.0 Å². The van der Waals surface area contributed by atoms with Crippen molar-refractivity contribution in [3.05, 3.63) is 0 Å². The molecule has 0 aromatic rings. The lowest BCUT2D eigenvalue weighted by Crippen LogP contribution is -2.40. The second-order valence-electron chi connectivity index (χ2n) is 5.53. The SMILES string of the molecule is CN(CC1CC(O)C1)C(=O)CC1CCSCC1. The molecule has 0 spiro atoms. The van der Waals surface area contributed by atoms with Crippen molar-refractivity contribution >= 4 is 17.7 Å². The fraction of sp³-hybridized carbons (Fsp3) is 0.923. The maximum absolute atomic E-state index is 12.0. The van der Waals surface area contributed by atoms with E-state index in [-0.39, 0.29) is 6.10 Å². The highest BCUT2D eigenvalue weighted by Crippen LogP contribution is 2.29. The van der Waals surface area contributed by atoms with Gasteiger partial charge >= 0.3 is 0 Å². The number of carbonyl (C=O) groups is 1. The molecule has 1 aliphatic heterocycles. The van der Waals surface area contributed by atoms with Gasteiger partial charge in [-0.15, -0.1) is 0 Å². The Labute approximate surface area is 108 Å². The van der Waals surface area contributed by atoms with Gasteiger partial charge in [0.05, 0.1) is 6.10 Å². The Hall–Kier alpha value is -0.220. The molecule has 4 heteroatoms. The quantitative estimate of drug-likeness (QED) is 0.834. The Balaban J connectivity index is 1.67. The predicted octanol–water partition coefficient (Wildman–Crippen LogP) is 1.75. The van der Waals surface area contributed by atoms with Crippen molar-refractivity contribution in [3.63, 3.8) is 0 Å². The number of thioether (sulfide) groups is 1. The first-order chi connectivity index (χ1) is 8.15. The minimum atomic E-state index is -0.112. The van der Waals surface area contributed by atoms with E-state index in [0.29, 0.717) is 17.7 Å². The first-order valence-corrected chi connectivity index (χ1v) is 7.80. The standard InChI is InChI=1S/C13H23NO2S/c1-14(9-11-6-12(15)7-11)13(16)8-10-2-4-17-5-3-10/h10-12,15H,2-9H2,1H3. The Bertz CT molecular complexity index is 260. The summed E-state index contributed by atoms with van der Waals surface area (Å²) in [6, 6.07) is 0. The molecule has 1 N–H and O–H groups in total. The Morgan fingerprint density at radius 3 is 2.53 bits per heavy atom. The van der Waals surface area contributed by atoms with Crippen LogP contribution in [0.15, 0.2) is 0 Å². The molecule has 1 aliphatic carbocycles. The Morgan fingerprint density at radius 1 is 1.29 bits per heavy atom.